The minimum absolute atomic E-state index is 0.104. The van der Waals surface area contributed by atoms with Crippen molar-refractivity contribution in [3.8, 4) is 0 Å². The van der Waals surface area contributed by atoms with Gasteiger partial charge >= 0.3 is 0 Å². The molecule has 1 N–H and O–H groups in total. The van der Waals surface area contributed by atoms with E-state index in [1.807, 2.05) is 0 Å². The average Bonchev–Trinajstić information content (AvgIpc) is 2.09. The summed E-state index contributed by atoms with van der Waals surface area (Å²) in [5, 5.41) is 0. The van der Waals surface area contributed by atoms with Crippen LogP contribution in [-0.2, 0) is 10.0 Å². The Bertz CT molecular complexity index is 493. The van der Waals surface area contributed by atoms with Gasteiger partial charge in [0, 0.05) is 26.5 Å². The summed E-state index contributed by atoms with van der Waals surface area (Å²) in [5.41, 5.74) is 0. The molecule has 1 aromatic heterocycles. The highest BCUT2D eigenvalue weighted by Gasteiger charge is 2.19. The number of nitrogens with zero attached hydrogens (tertiary/aromatic N) is 1. The normalized spacial score (nSPS) is 12.0. The fourth-order valence-electron chi connectivity index (χ4n) is 0.828. The molecule has 0 spiro atoms. The number of nitrogens with one attached hydrogen (secondary N) is 1. The summed E-state index contributed by atoms with van der Waals surface area (Å²) < 4.78 is 25.4. The Kier molecular flexibility index (Phi) is 3.46. The zero-order valence-electron chi connectivity index (χ0n) is 7.61. The van der Waals surface area contributed by atoms with Gasteiger partial charge in [-0.05, 0) is 15.9 Å². The van der Waals surface area contributed by atoms with E-state index in [-0.39, 0.29) is 9.41 Å². The van der Waals surface area contributed by atoms with E-state index < -0.39 is 10.0 Å². The lowest BCUT2D eigenvalue weighted by Gasteiger charge is -2.11. The van der Waals surface area contributed by atoms with Crippen molar-refractivity contribution in [1.29, 1.82) is 0 Å². The van der Waals surface area contributed by atoms with Gasteiger partial charge in [-0.2, -0.15) is 0 Å². The van der Waals surface area contributed by atoms with Gasteiger partial charge in [0.1, 0.15) is 4.90 Å². The molecule has 0 saturated carbocycles. The van der Waals surface area contributed by atoms with Crippen LogP contribution in [0.2, 0.25) is 0 Å². The standard InChI is InChI=1S/C7H9BrN2O2S2/c1-10(2)14(11,12)6-4-9-3-5(8)7(6)13/h3-4H,1-2H3,(H,9,13). The first-order chi connectivity index (χ1) is 6.37. The van der Waals surface area contributed by atoms with E-state index in [1.54, 1.807) is 6.20 Å². The highest BCUT2D eigenvalue weighted by molar-refractivity contribution is 9.10. The minimum Gasteiger partial charge on any atom is -0.365 e. The van der Waals surface area contributed by atoms with E-state index in [9.17, 15) is 8.42 Å². The van der Waals surface area contributed by atoms with Crippen molar-refractivity contribution in [2.45, 2.75) is 4.90 Å². The summed E-state index contributed by atoms with van der Waals surface area (Å²) in [6.07, 6.45) is 2.97. The molecule has 78 valence electrons. The Balaban J connectivity index is 3.50. The minimum atomic E-state index is -3.46. The van der Waals surface area contributed by atoms with E-state index in [0.717, 1.165) is 4.31 Å². The molecule has 0 aliphatic rings. The second-order valence-corrected chi connectivity index (χ2v) is 6.17. The van der Waals surface area contributed by atoms with Crippen molar-refractivity contribution in [3.05, 3.63) is 21.4 Å². The highest BCUT2D eigenvalue weighted by atomic mass is 79.9. The van der Waals surface area contributed by atoms with Gasteiger partial charge in [-0.1, -0.05) is 12.2 Å². The molecule has 0 aliphatic heterocycles. The van der Waals surface area contributed by atoms with Crippen molar-refractivity contribution in [2.75, 3.05) is 14.1 Å². The molecule has 0 aliphatic carbocycles. The third-order valence-electron chi connectivity index (χ3n) is 1.62. The first-order valence-electron chi connectivity index (χ1n) is 3.66. The van der Waals surface area contributed by atoms with E-state index in [2.05, 4.69) is 20.9 Å². The zero-order chi connectivity index (χ0) is 10.9. The van der Waals surface area contributed by atoms with Crippen LogP contribution in [0.1, 0.15) is 0 Å². The average molecular weight is 297 g/mol. The lowest BCUT2D eigenvalue weighted by molar-refractivity contribution is 0.520. The summed E-state index contributed by atoms with van der Waals surface area (Å²) in [7, 11) is -0.536. The Hall–Kier alpha value is -0.240. The van der Waals surface area contributed by atoms with Crippen LogP contribution in [0, 0.1) is 4.51 Å². The molecule has 1 aromatic rings. The van der Waals surface area contributed by atoms with Crippen LogP contribution in [0.3, 0.4) is 0 Å². The van der Waals surface area contributed by atoms with E-state index >= 15 is 0 Å². The molecule has 0 aromatic carbocycles. The number of pyridine rings is 1. The van der Waals surface area contributed by atoms with Gasteiger partial charge in [-0.15, -0.1) is 0 Å². The van der Waals surface area contributed by atoms with Crippen LogP contribution in [0.5, 0.6) is 0 Å². The first kappa shape index (κ1) is 11.8. The molecule has 4 nitrogen and oxygen atoms in total. The van der Waals surface area contributed by atoms with E-state index in [0.29, 0.717) is 4.47 Å². The fraction of sp³-hybridized carbons (Fsp3) is 0.286. The van der Waals surface area contributed by atoms with Crippen molar-refractivity contribution in [1.82, 2.24) is 9.29 Å². The topological polar surface area (TPSA) is 53.2 Å². The van der Waals surface area contributed by atoms with E-state index in [4.69, 9.17) is 12.2 Å². The number of aromatic amines is 1. The van der Waals surface area contributed by atoms with Crippen LogP contribution in [0.4, 0.5) is 0 Å². The number of rotatable bonds is 2. The second kappa shape index (κ2) is 4.09. The molecule has 0 saturated heterocycles. The smallest absolute Gasteiger partial charge is 0.245 e. The lowest BCUT2D eigenvalue weighted by atomic mass is 10.5. The predicted molar refractivity (Wildman–Crippen MR) is 60.2 cm³/mol. The summed E-state index contributed by atoms with van der Waals surface area (Å²) in [6, 6.07) is 0. The Morgan fingerprint density at radius 3 is 2.50 bits per heavy atom. The van der Waals surface area contributed by atoms with Gasteiger partial charge in [-0.25, -0.2) is 12.7 Å². The zero-order valence-corrected chi connectivity index (χ0v) is 10.8. The van der Waals surface area contributed by atoms with Crippen molar-refractivity contribution in [2.24, 2.45) is 0 Å². The number of H-pyrrole nitrogens is 1. The maximum atomic E-state index is 11.7. The van der Waals surface area contributed by atoms with Crippen LogP contribution in [0.15, 0.2) is 21.8 Å². The van der Waals surface area contributed by atoms with Gasteiger partial charge in [0.2, 0.25) is 10.0 Å². The Morgan fingerprint density at radius 2 is 2.00 bits per heavy atom. The second-order valence-electron chi connectivity index (χ2n) is 2.78. The summed E-state index contributed by atoms with van der Waals surface area (Å²) in [4.78, 5) is 2.82. The molecule has 0 amide bonds. The molecule has 7 heteroatoms. The van der Waals surface area contributed by atoms with Crippen LogP contribution < -0.4 is 0 Å². The Morgan fingerprint density at radius 1 is 1.43 bits per heavy atom. The maximum absolute atomic E-state index is 11.7. The van der Waals surface area contributed by atoms with Crippen molar-refractivity contribution in [3.63, 3.8) is 0 Å². The van der Waals surface area contributed by atoms with Gasteiger partial charge in [0.25, 0.3) is 0 Å². The van der Waals surface area contributed by atoms with Crippen molar-refractivity contribution < 1.29 is 8.42 Å². The molecular formula is C7H9BrN2O2S2. The highest BCUT2D eigenvalue weighted by Crippen LogP contribution is 2.19. The number of hydrogen-bond donors (Lipinski definition) is 1. The van der Waals surface area contributed by atoms with E-state index in [1.165, 1.54) is 20.3 Å². The number of halogens is 1. The third kappa shape index (κ3) is 2.05. The Labute approximate surface area is 96.1 Å². The van der Waals surface area contributed by atoms with Gasteiger partial charge in [0.05, 0.1) is 8.98 Å². The largest absolute Gasteiger partial charge is 0.365 e. The third-order valence-corrected chi connectivity index (χ3v) is 4.92. The quantitative estimate of drug-likeness (QED) is 0.846. The summed E-state index contributed by atoms with van der Waals surface area (Å²) in [5.74, 6) is 0. The monoisotopic (exact) mass is 296 g/mol. The molecule has 0 fully saturated rings. The molecule has 0 radical (unpaired) electrons. The van der Waals surface area contributed by atoms with Crippen LogP contribution >= 0.6 is 28.1 Å². The fourth-order valence-corrected chi connectivity index (χ4v) is 2.69. The van der Waals surface area contributed by atoms with Crippen LogP contribution in [-0.4, -0.2) is 31.8 Å². The van der Waals surface area contributed by atoms with Crippen LogP contribution in [0.25, 0.3) is 0 Å². The van der Waals surface area contributed by atoms with Gasteiger partial charge in [0.15, 0.2) is 0 Å². The molecule has 0 unspecified atom stereocenters. The maximum Gasteiger partial charge on any atom is 0.245 e. The summed E-state index contributed by atoms with van der Waals surface area (Å²) in [6.45, 7) is 0. The van der Waals surface area contributed by atoms with Gasteiger partial charge in [-0.3, -0.25) is 0 Å². The number of sulfonamides is 1. The molecule has 1 rings (SSSR count). The lowest BCUT2D eigenvalue weighted by Crippen LogP contribution is -2.22. The van der Waals surface area contributed by atoms with Crippen molar-refractivity contribution >= 4 is 38.2 Å². The number of hydrogen-bond acceptors (Lipinski definition) is 3. The predicted octanol–water partition coefficient (Wildman–Crippen LogP) is 1.76. The molecular weight excluding hydrogens is 288 g/mol. The molecule has 0 atom stereocenters. The molecule has 1 heterocycles. The number of aromatic nitrogens is 1. The first-order valence-corrected chi connectivity index (χ1v) is 6.30. The van der Waals surface area contributed by atoms with Gasteiger partial charge < -0.3 is 4.98 Å². The molecule has 0 bridgehead atoms. The molecule has 14 heavy (non-hydrogen) atoms. The summed E-state index contributed by atoms with van der Waals surface area (Å²) >= 11 is 8.16. The SMILES string of the molecule is CN(C)S(=O)(=O)c1c[nH]cc(Br)c1=S.